The third-order valence-corrected chi connectivity index (χ3v) is 6.79. The topological polar surface area (TPSA) is 121 Å². The third kappa shape index (κ3) is 4.21. The first-order chi connectivity index (χ1) is 17.3. The molecule has 0 fully saturated rings. The summed E-state index contributed by atoms with van der Waals surface area (Å²) in [6.07, 6.45) is 5.81. The molecule has 0 spiro atoms. The first-order valence-electron chi connectivity index (χ1n) is 11.1. The maximum absolute atomic E-state index is 12.0. The molecule has 0 saturated carbocycles. The highest BCUT2D eigenvalue weighted by Gasteiger charge is 2.20. The molecule has 0 saturated heterocycles. The van der Waals surface area contributed by atoms with Crippen LogP contribution in [0.1, 0.15) is 28.3 Å². The van der Waals surface area contributed by atoms with Crippen molar-refractivity contribution in [1.82, 2.24) is 19.9 Å². The second kappa shape index (κ2) is 8.33. The number of hydrogen-bond donors (Lipinski definition) is 3. The number of nitrogens with one attached hydrogen (secondary N) is 2. The molecule has 5 heterocycles. The van der Waals surface area contributed by atoms with Crippen molar-refractivity contribution in [1.29, 1.82) is 0 Å². The van der Waals surface area contributed by atoms with Crippen molar-refractivity contribution in [2.75, 3.05) is 7.11 Å². The van der Waals surface area contributed by atoms with Gasteiger partial charge in [-0.2, -0.15) is 8.42 Å². The van der Waals surface area contributed by atoms with Crippen molar-refractivity contribution in [2.24, 2.45) is 0 Å². The van der Waals surface area contributed by atoms with Crippen LogP contribution < -0.4 is 4.74 Å². The third-order valence-electron chi connectivity index (χ3n) is 5.92. The fraction of sp³-hybridized carbons (Fsp3) is 0.0370. The van der Waals surface area contributed by atoms with E-state index in [1.54, 1.807) is 6.07 Å². The molecular formula is C27H20N4O4S. The first kappa shape index (κ1) is 22.0. The van der Waals surface area contributed by atoms with Crippen LogP contribution in [0.4, 0.5) is 0 Å². The number of fused-ring (bicyclic) bond motifs is 8. The molecule has 4 aromatic rings. The summed E-state index contributed by atoms with van der Waals surface area (Å²) in [4.78, 5) is 15.9. The molecule has 6 rings (SSSR count). The quantitative estimate of drug-likeness (QED) is 0.285. The Balaban J connectivity index is 1.61. The Morgan fingerprint density at radius 1 is 0.750 bits per heavy atom. The summed E-state index contributed by atoms with van der Waals surface area (Å²) >= 11 is 0. The maximum Gasteiger partial charge on any atom is 0.298 e. The van der Waals surface area contributed by atoms with Gasteiger partial charge in [-0.25, -0.2) is 9.97 Å². The Kier molecular flexibility index (Phi) is 5.10. The molecule has 0 amide bonds. The number of benzene rings is 1. The number of aromatic amines is 2. The van der Waals surface area contributed by atoms with Crippen molar-refractivity contribution in [3.8, 4) is 5.75 Å². The highest BCUT2D eigenvalue weighted by atomic mass is 32.2. The van der Waals surface area contributed by atoms with Crippen molar-refractivity contribution in [3.05, 3.63) is 95.1 Å². The smallest absolute Gasteiger partial charge is 0.298 e. The summed E-state index contributed by atoms with van der Waals surface area (Å²) in [6, 6.07) is 20.2. The summed E-state index contributed by atoms with van der Waals surface area (Å²) in [5, 5.41) is 0. The summed E-state index contributed by atoms with van der Waals surface area (Å²) in [5.74, 6) is 0.0625. The van der Waals surface area contributed by atoms with Crippen molar-refractivity contribution in [2.45, 2.75) is 4.90 Å². The van der Waals surface area contributed by atoms with Crippen molar-refractivity contribution < 1.29 is 17.7 Å². The van der Waals surface area contributed by atoms with Crippen LogP contribution in [-0.4, -0.2) is 40.0 Å². The van der Waals surface area contributed by atoms with Crippen LogP contribution in [0.3, 0.4) is 0 Å². The fourth-order valence-corrected chi connectivity index (χ4v) is 4.97. The monoisotopic (exact) mass is 496 g/mol. The van der Waals surface area contributed by atoms with Gasteiger partial charge in [0.2, 0.25) is 0 Å². The number of H-pyrrole nitrogens is 2. The number of rotatable bonds is 3. The molecule has 0 aliphatic carbocycles. The van der Waals surface area contributed by atoms with E-state index >= 15 is 0 Å². The van der Waals surface area contributed by atoms with Crippen LogP contribution in [0, 0.1) is 0 Å². The molecule has 2 aliphatic rings. The molecule has 8 nitrogen and oxygen atoms in total. The molecule has 3 N–H and O–H groups in total. The van der Waals surface area contributed by atoms with E-state index in [1.165, 1.54) is 19.2 Å². The second-order valence-corrected chi connectivity index (χ2v) is 9.82. The zero-order valence-corrected chi connectivity index (χ0v) is 19.9. The lowest BCUT2D eigenvalue weighted by Gasteiger charge is -2.09. The van der Waals surface area contributed by atoms with E-state index < -0.39 is 10.1 Å². The van der Waals surface area contributed by atoms with E-state index in [0.717, 1.165) is 33.5 Å². The van der Waals surface area contributed by atoms with E-state index in [9.17, 15) is 13.0 Å². The highest BCUT2D eigenvalue weighted by molar-refractivity contribution is 7.86. The number of nitrogens with zero attached hydrogens (tertiary/aromatic N) is 2. The minimum absolute atomic E-state index is 0.0625. The summed E-state index contributed by atoms with van der Waals surface area (Å²) in [7, 11) is -3.14. The highest BCUT2D eigenvalue weighted by Crippen LogP contribution is 2.33. The largest absolute Gasteiger partial charge is 0.495 e. The van der Waals surface area contributed by atoms with Gasteiger partial charge in [0.25, 0.3) is 10.1 Å². The lowest BCUT2D eigenvalue weighted by Crippen LogP contribution is -2.02. The zero-order chi connectivity index (χ0) is 24.9. The Labute approximate surface area is 206 Å². The number of ether oxygens (including phenoxy) is 1. The van der Waals surface area contributed by atoms with Gasteiger partial charge in [-0.1, -0.05) is 6.07 Å². The lowest BCUT2D eigenvalue weighted by atomic mass is 10.0. The van der Waals surface area contributed by atoms with Crippen LogP contribution in [0.5, 0.6) is 5.75 Å². The standard InChI is InChI=1S/C27H20N4O4S/c1-35-26-9-2-16(10-27(26)36(32,33)34)24-14-23-13-21-6-5-19(29-21)11-17-3-4-18(28-17)12-20-7-8-22(30-20)15-25(24)31-23/h2-15,29-30H,1H3,(H,32,33,34). The Morgan fingerprint density at radius 3 is 1.92 bits per heavy atom. The van der Waals surface area contributed by atoms with Crippen LogP contribution >= 0.6 is 0 Å². The average molecular weight is 497 g/mol. The van der Waals surface area contributed by atoms with E-state index in [0.29, 0.717) is 22.5 Å². The molecule has 0 atom stereocenters. The van der Waals surface area contributed by atoms with Gasteiger partial charge in [0, 0.05) is 27.6 Å². The fourth-order valence-electron chi connectivity index (χ4n) is 4.29. The summed E-state index contributed by atoms with van der Waals surface area (Å²) < 4.78 is 38.8. The second-order valence-electron chi connectivity index (χ2n) is 8.43. The van der Waals surface area contributed by atoms with Gasteiger partial charge in [-0.15, -0.1) is 0 Å². The molecule has 2 aliphatic heterocycles. The molecular weight excluding hydrogens is 476 g/mol. The van der Waals surface area contributed by atoms with Crippen molar-refractivity contribution >= 4 is 56.0 Å². The van der Waals surface area contributed by atoms with Crippen LogP contribution in [0.2, 0.25) is 0 Å². The normalized spacial score (nSPS) is 13.0. The lowest BCUT2D eigenvalue weighted by molar-refractivity contribution is 0.397. The van der Waals surface area contributed by atoms with E-state index in [-0.39, 0.29) is 10.6 Å². The SMILES string of the molecule is COc1ccc(C2=Cc3cc4ccc(cc5nc(cc6ccc(cc2n3)[nH]6)C=C5)[nH]4)cc1S(=O)(=O)O. The van der Waals surface area contributed by atoms with E-state index in [1.807, 2.05) is 66.8 Å². The van der Waals surface area contributed by atoms with E-state index in [2.05, 4.69) is 15.0 Å². The maximum atomic E-state index is 12.0. The Bertz CT molecular complexity index is 1860. The summed E-state index contributed by atoms with van der Waals surface area (Å²) in [5.41, 5.74) is 7.78. The van der Waals surface area contributed by atoms with Crippen LogP contribution in [0.25, 0.3) is 45.9 Å². The molecule has 0 radical (unpaired) electrons. The molecule has 178 valence electrons. The van der Waals surface area contributed by atoms with Crippen LogP contribution in [0.15, 0.2) is 71.6 Å². The van der Waals surface area contributed by atoms with Gasteiger partial charge < -0.3 is 14.7 Å². The van der Waals surface area contributed by atoms with Gasteiger partial charge in [-0.3, -0.25) is 4.55 Å². The number of aromatic nitrogens is 4. The van der Waals surface area contributed by atoms with Gasteiger partial charge in [0.15, 0.2) is 0 Å². The van der Waals surface area contributed by atoms with E-state index in [4.69, 9.17) is 9.72 Å². The van der Waals surface area contributed by atoms with Crippen molar-refractivity contribution in [3.63, 3.8) is 0 Å². The minimum atomic E-state index is -4.49. The minimum Gasteiger partial charge on any atom is -0.495 e. The molecule has 1 aromatic carbocycles. The summed E-state index contributed by atoms with van der Waals surface area (Å²) in [6.45, 7) is 0. The molecule has 8 bridgehead atoms. The Morgan fingerprint density at radius 2 is 1.33 bits per heavy atom. The first-order valence-corrected chi connectivity index (χ1v) is 12.5. The number of hydrogen-bond acceptors (Lipinski definition) is 5. The van der Waals surface area contributed by atoms with Crippen LogP contribution in [-0.2, 0) is 10.1 Å². The zero-order valence-electron chi connectivity index (χ0n) is 19.1. The van der Waals surface area contributed by atoms with Gasteiger partial charge in [-0.05, 0) is 84.5 Å². The molecule has 3 aromatic heterocycles. The van der Waals surface area contributed by atoms with Gasteiger partial charge in [0.1, 0.15) is 10.6 Å². The number of methoxy groups -OCH3 is 1. The Hall–Kier alpha value is -4.47. The molecule has 36 heavy (non-hydrogen) atoms. The van der Waals surface area contributed by atoms with Gasteiger partial charge in [0.05, 0.1) is 29.9 Å². The molecule has 0 unspecified atom stereocenters. The van der Waals surface area contributed by atoms with Gasteiger partial charge >= 0.3 is 0 Å². The predicted molar refractivity (Wildman–Crippen MR) is 140 cm³/mol. The predicted octanol–water partition coefficient (Wildman–Crippen LogP) is 5.33. The molecule has 9 heteroatoms. The average Bonchev–Trinajstić information content (AvgIpc) is 3.63.